The van der Waals surface area contributed by atoms with Gasteiger partial charge in [0.25, 0.3) is 0 Å². The molecule has 0 spiro atoms. The SMILES string of the molecule is CCn1nc(C)c(Br)c1COc1ccc([C@@H](C)O)cc1C. The summed E-state index contributed by atoms with van der Waals surface area (Å²) in [5.41, 5.74) is 3.92. The van der Waals surface area contributed by atoms with Crippen LogP contribution in [0.15, 0.2) is 22.7 Å². The van der Waals surface area contributed by atoms with Gasteiger partial charge in [-0.25, -0.2) is 0 Å². The summed E-state index contributed by atoms with van der Waals surface area (Å²) in [7, 11) is 0. The Morgan fingerprint density at radius 1 is 1.38 bits per heavy atom. The van der Waals surface area contributed by atoms with E-state index in [4.69, 9.17) is 4.74 Å². The zero-order valence-corrected chi connectivity index (χ0v) is 14.4. The van der Waals surface area contributed by atoms with Gasteiger partial charge in [-0.15, -0.1) is 0 Å². The van der Waals surface area contributed by atoms with Crippen LogP contribution in [0.1, 0.15) is 42.5 Å². The van der Waals surface area contributed by atoms with Gasteiger partial charge in [0, 0.05) is 6.54 Å². The summed E-state index contributed by atoms with van der Waals surface area (Å²) in [5, 5.41) is 14.1. The summed E-state index contributed by atoms with van der Waals surface area (Å²) >= 11 is 3.57. The minimum Gasteiger partial charge on any atom is -0.487 e. The van der Waals surface area contributed by atoms with E-state index in [2.05, 4.69) is 28.0 Å². The van der Waals surface area contributed by atoms with Crippen LogP contribution in [0.5, 0.6) is 5.75 Å². The second-order valence-electron chi connectivity index (χ2n) is 5.15. The molecule has 5 heteroatoms. The highest BCUT2D eigenvalue weighted by Gasteiger charge is 2.13. The van der Waals surface area contributed by atoms with Gasteiger partial charge in [-0.2, -0.15) is 5.10 Å². The van der Waals surface area contributed by atoms with E-state index < -0.39 is 6.10 Å². The molecule has 0 amide bonds. The number of hydrogen-bond acceptors (Lipinski definition) is 3. The number of rotatable bonds is 5. The highest BCUT2D eigenvalue weighted by Crippen LogP contribution is 2.26. The van der Waals surface area contributed by atoms with Crippen LogP contribution in [0.3, 0.4) is 0 Å². The average molecular weight is 353 g/mol. The Balaban J connectivity index is 2.17. The van der Waals surface area contributed by atoms with E-state index in [9.17, 15) is 5.11 Å². The molecular formula is C16H21BrN2O2. The lowest BCUT2D eigenvalue weighted by atomic mass is 10.1. The fourth-order valence-corrected chi connectivity index (χ4v) is 2.65. The molecule has 0 aliphatic carbocycles. The summed E-state index contributed by atoms with van der Waals surface area (Å²) in [4.78, 5) is 0. The third-order valence-corrected chi connectivity index (χ3v) is 4.53. The number of benzene rings is 1. The van der Waals surface area contributed by atoms with Gasteiger partial charge in [-0.05, 0) is 66.9 Å². The average Bonchev–Trinajstić information content (AvgIpc) is 2.72. The zero-order chi connectivity index (χ0) is 15.6. The topological polar surface area (TPSA) is 47.3 Å². The molecule has 0 bridgehead atoms. The third-order valence-electron chi connectivity index (χ3n) is 3.50. The highest BCUT2D eigenvalue weighted by atomic mass is 79.9. The molecule has 0 saturated carbocycles. The lowest BCUT2D eigenvalue weighted by Gasteiger charge is -2.13. The van der Waals surface area contributed by atoms with Crippen molar-refractivity contribution < 1.29 is 9.84 Å². The normalized spacial score (nSPS) is 12.5. The first kappa shape index (κ1) is 16.0. The van der Waals surface area contributed by atoms with E-state index in [0.29, 0.717) is 6.61 Å². The van der Waals surface area contributed by atoms with Gasteiger partial charge in [0.15, 0.2) is 0 Å². The van der Waals surface area contributed by atoms with Crippen LogP contribution >= 0.6 is 15.9 Å². The molecule has 0 aliphatic heterocycles. The molecule has 4 nitrogen and oxygen atoms in total. The van der Waals surface area contributed by atoms with Crippen LogP contribution in [-0.4, -0.2) is 14.9 Å². The molecule has 0 unspecified atom stereocenters. The number of halogens is 1. The first-order valence-corrected chi connectivity index (χ1v) is 7.86. The van der Waals surface area contributed by atoms with Gasteiger partial charge in [0.1, 0.15) is 12.4 Å². The third kappa shape index (κ3) is 3.47. The van der Waals surface area contributed by atoms with Crippen molar-refractivity contribution in [2.45, 2.75) is 47.0 Å². The van der Waals surface area contributed by atoms with Gasteiger partial charge in [0.05, 0.1) is 22.0 Å². The van der Waals surface area contributed by atoms with Gasteiger partial charge in [0.2, 0.25) is 0 Å². The molecule has 114 valence electrons. The van der Waals surface area contributed by atoms with E-state index in [0.717, 1.165) is 39.3 Å². The summed E-state index contributed by atoms with van der Waals surface area (Å²) in [6, 6.07) is 5.76. The van der Waals surface area contributed by atoms with Gasteiger partial charge < -0.3 is 9.84 Å². The first-order valence-electron chi connectivity index (χ1n) is 7.07. The number of nitrogens with zero attached hydrogens (tertiary/aromatic N) is 2. The second kappa shape index (κ2) is 6.62. The number of ether oxygens (including phenoxy) is 1. The Hall–Kier alpha value is -1.33. The van der Waals surface area contributed by atoms with Gasteiger partial charge >= 0.3 is 0 Å². The smallest absolute Gasteiger partial charge is 0.131 e. The molecule has 0 radical (unpaired) electrons. The number of aliphatic hydroxyl groups excluding tert-OH is 1. The maximum atomic E-state index is 9.60. The van der Waals surface area contributed by atoms with E-state index in [1.807, 2.05) is 36.7 Å². The minimum atomic E-state index is -0.462. The molecule has 2 rings (SSSR count). The van der Waals surface area contributed by atoms with Crippen molar-refractivity contribution in [3.05, 3.63) is 45.2 Å². The number of hydrogen-bond donors (Lipinski definition) is 1. The number of aliphatic hydroxyl groups is 1. The number of aryl methyl sites for hydroxylation is 3. The van der Waals surface area contributed by atoms with Crippen LogP contribution < -0.4 is 4.74 Å². The summed E-state index contributed by atoms with van der Waals surface area (Å²) in [6.07, 6.45) is -0.462. The largest absolute Gasteiger partial charge is 0.487 e. The van der Waals surface area contributed by atoms with E-state index in [1.54, 1.807) is 6.92 Å². The molecular weight excluding hydrogens is 332 g/mol. The fourth-order valence-electron chi connectivity index (χ4n) is 2.25. The van der Waals surface area contributed by atoms with Crippen LogP contribution in [0.2, 0.25) is 0 Å². The van der Waals surface area contributed by atoms with Gasteiger partial charge in [-0.3, -0.25) is 4.68 Å². The maximum Gasteiger partial charge on any atom is 0.131 e. The van der Waals surface area contributed by atoms with E-state index in [1.165, 1.54) is 0 Å². The Morgan fingerprint density at radius 2 is 2.10 bits per heavy atom. The highest BCUT2D eigenvalue weighted by molar-refractivity contribution is 9.10. The molecule has 0 saturated heterocycles. The van der Waals surface area contributed by atoms with Crippen molar-refractivity contribution in [2.75, 3.05) is 0 Å². The standard InChI is InChI=1S/C16H21BrN2O2/c1-5-19-14(16(17)11(3)18-19)9-21-15-7-6-13(12(4)20)8-10(15)2/h6-8,12,20H,5,9H2,1-4H3/t12-/m1/s1. The molecule has 1 heterocycles. The first-order chi connectivity index (χ1) is 9.93. The van der Waals surface area contributed by atoms with Crippen LogP contribution in [-0.2, 0) is 13.2 Å². The molecule has 1 aromatic heterocycles. The lowest BCUT2D eigenvalue weighted by molar-refractivity contribution is 0.199. The summed E-state index contributed by atoms with van der Waals surface area (Å²) < 4.78 is 8.87. The van der Waals surface area contributed by atoms with E-state index in [-0.39, 0.29) is 0 Å². The molecule has 1 atom stereocenters. The van der Waals surface area contributed by atoms with Crippen molar-refractivity contribution in [2.24, 2.45) is 0 Å². The zero-order valence-electron chi connectivity index (χ0n) is 12.9. The summed E-state index contributed by atoms with van der Waals surface area (Å²) in [6.45, 7) is 9.05. The molecule has 0 fully saturated rings. The van der Waals surface area contributed by atoms with Crippen molar-refractivity contribution in [1.29, 1.82) is 0 Å². The molecule has 1 N–H and O–H groups in total. The van der Waals surface area contributed by atoms with Crippen molar-refractivity contribution >= 4 is 15.9 Å². The Bertz CT molecular complexity index is 635. The number of aromatic nitrogens is 2. The van der Waals surface area contributed by atoms with Gasteiger partial charge in [-0.1, -0.05) is 6.07 Å². The van der Waals surface area contributed by atoms with Crippen molar-refractivity contribution in [3.8, 4) is 5.75 Å². The van der Waals surface area contributed by atoms with E-state index >= 15 is 0 Å². The second-order valence-corrected chi connectivity index (χ2v) is 5.94. The molecule has 0 aliphatic rings. The molecule has 1 aromatic carbocycles. The van der Waals surface area contributed by atoms with Crippen LogP contribution in [0, 0.1) is 13.8 Å². The molecule has 21 heavy (non-hydrogen) atoms. The quantitative estimate of drug-likeness (QED) is 0.887. The lowest BCUT2D eigenvalue weighted by Crippen LogP contribution is -2.07. The predicted molar refractivity (Wildman–Crippen MR) is 86.5 cm³/mol. The Morgan fingerprint density at radius 3 is 2.67 bits per heavy atom. The maximum absolute atomic E-state index is 9.60. The fraction of sp³-hybridized carbons (Fsp3) is 0.438. The Kier molecular flexibility index (Phi) is 5.06. The monoisotopic (exact) mass is 352 g/mol. The Labute approximate surface area is 133 Å². The van der Waals surface area contributed by atoms with Crippen LogP contribution in [0.25, 0.3) is 0 Å². The van der Waals surface area contributed by atoms with Crippen LogP contribution in [0.4, 0.5) is 0 Å². The summed E-state index contributed by atoms with van der Waals surface area (Å²) in [5.74, 6) is 0.827. The molecule has 2 aromatic rings. The van der Waals surface area contributed by atoms with Crippen molar-refractivity contribution in [3.63, 3.8) is 0 Å². The van der Waals surface area contributed by atoms with Crippen molar-refractivity contribution in [1.82, 2.24) is 9.78 Å². The predicted octanol–water partition coefficient (Wildman–Crippen LogP) is 3.91. The minimum absolute atomic E-state index is 0.462.